The zero-order valence-corrected chi connectivity index (χ0v) is 16.2. The summed E-state index contributed by atoms with van der Waals surface area (Å²) < 4.78 is 12.7. The van der Waals surface area contributed by atoms with E-state index in [4.69, 9.17) is 9.47 Å². The highest BCUT2D eigenvalue weighted by molar-refractivity contribution is 5.08. The number of hydrogen-bond donors (Lipinski definition) is 2. The molecule has 10 unspecified atom stereocenters. The molecule has 144 valence electrons. The van der Waals surface area contributed by atoms with E-state index in [1.54, 1.807) is 6.92 Å². The van der Waals surface area contributed by atoms with Crippen molar-refractivity contribution < 1.29 is 19.7 Å². The Hall–Kier alpha value is -0.420. The van der Waals surface area contributed by atoms with E-state index >= 15 is 0 Å². The van der Waals surface area contributed by atoms with Gasteiger partial charge in [-0.25, -0.2) is 0 Å². The van der Waals surface area contributed by atoms with Crippen molar-refractivity contribution in [2.24, 2.45) is 29.6 Å². The minimum Gasteiger partial charge on any atom is -0.389 e. The van der Waals surface area contributed by atoms with Gasteiger partial charge in [0.1, 0.15) is 0 Å². The summed E-state index contributed by atoms with van der Waals surface area (Å²) in [7, 11) is 0. The zero-order valence-electron chi connectivity index (χ0n) is 16.2. The van der Waals surface area contributed by atoms with E-state index in [1.165, 1.54) is 19.3 Å². The Bertz CT molecular complexity index is 477. The average Bonchev–Trinajstić information content (AvgIpc) is 2.72. The van der Waals surface area contributed by atoms with Crippen LogP contribution in [0.2, 0.25) is 0 Å². The third-order valence-corrected chi connectivity index (χ3v) is 7.25. The van der Waals surface area contributed by atoms with Gasteiger partial charge in [-0.3, -0.25) is 0 Å². The molecule has 2 aliphatic heterocycles. The second-order valence-electron chi connectivity index (χ2n) is 8.89. The number of aliphatic hydroxyl groups excluding tert-OH is 2. The van der Waals surface area contributed by atoms with Gasteiger partial charge in [-0.05, 0) is 62.4 Å². The summed E-state index contributed by atoms with van der Waals surface area (Å²) in [5.74, 6) is 2.91. The molecule has 3 rings (SSSR count). The molecule has 2 N–H and O–H groups in total. The third kappa shape index (κ3) is 3.83. The lowest BCUT2D eigenvalue weighted by atomic mass is 9.60. The quantitative estimate of drug-likeness (QED) is 0.760. The van der Waals surface area contributed by atoms with Gasteiger partial charge in [-0.2, -0.15) is 0 Å². The van der Waals surface area contributed by atoms with Crippen LogP contribution in [-0.2, 0) is 9.47 Å². The molecule has 3 aliphatic rings. The molecule has 0 spiro atoms. The minimum absolute atomic E-state index is 0.0453. The second kappa shape index (κ2) is 7.67. The molecule has 2 heterocycles. The van der Waals surface area contributed by atoms with Crippen molar-refractivity contribution in [3.8, 4) is 0 Å². The highest BCUT2D eigenvalue weighted by atomic mass is 16.7. The molecular weight excluding hydrogens is 316 g/mol. The normalized spacial score (nSPS) is 46.6. The summed E-state index contributed by atoms with van der Waals surface area (Å²) in [6.07, 6.45) is 3.96. The van der Waals surface area contributed by atoms with Crippen LogP contribution < -0.4 is 0 Å². The first-order chi connectivity index (χ1) is 11.8. The van der Waals surface area contributed by atoms with Crippen LogP contribution in [0.4, 0.5) is 0 Å². The summed E-state index contributed by atoms with van der Waals surface area (Å²) in [6, 6.07) is 0. The van der Waals surface area contributed by atoms with Crippen molar-refractivity contribution in [2.75, 3.05) is 0 Å². The molecule has 10 atom stereocenters. The first-order valence-electron chi connectivity index (χ1n) is 10.1. The Morgan fingerprint density at radius 2 is 1.72 bits per heavy atom. The van der Waals surface area contributed by atoms with E-state index in [2.05, 4.69) is 27.4 Å². The lowest BCUT2D eigenvalue weighted by molar-refractivity contribution is -0.280. The maximum atomic E-state index is 10.4. The minimum atomic E-state index is -0.731. The SMILES string of the molecule is C=C(C(C)O)C(O)CC1OC2OC(C)CCC3C(C)CCC(C1C)C23. The lowest BCUT2D eigenvalue weighted by Crippen LogP contribution is -2.53. The molecule has 1 saturated carbocycles. The van der Waals surface area contributed by atoms with Crippen molar-refractivity contribution in [3.63, 3.8) is 0 Å². The van der Waals surface area contributed by atoms with E-state index < -0.39 is 12.2 Å². The fourth-order valence-electron chi connectivity index (χ4n) is 5.48. The number of aliphatic hydroxyl groups is 2. The van der Waals surface area contributed by atoms with Crippen molar-refractivity contribution >= 4 is 0 Å². The van der Waals surface area contributed by atoms with Gasteiger partial charge < -0.3 is 19.7 Å². The molecule has 3 fully saturated rings. The predicted octanol–water partition coefficient (Wildman–Crippen LogP) is 3.51. The van der Waals surface area contributed by atoms with Crippen LogP contribution in [0.15, 0.2) is 12.2 Å². The molecule has 0 amide bonds. The monoisotopic (exact) mass is 352 g/mol. The summed E-state index contributed by atoms with van der Waals surface area (Å²) in [5.41, 5.74) is 0.475. The maximum absolute atomic E-state index is 10.4. The summed E-state index contributed by atoms with van der Waals surface area (Å²) in [5, 5.41) is 20.1. The largest absolute Gasteiger partial charge is 0.389 e. The van der Waals surface area contributed by atoms with E-state index in [9.17, 15) is 10.2 Å². The van der Waals surface area contributed by atoms with Crippen LogP contribution in [0.5, 0.6) is 0 Å². The van der Waals surface area contributed by atoms with Gasteiger partial charge in [0.15, 0.2) is 6.29 Å². The molecule has 0 aromatic carbocycles. The molecular formula is C21H36O4. The van der Waals surface area contributed by atoms with Crippen LogP contribution in [0.25, 0.3) is 0 Å². The van der Waals surface area contributed by atoms with E-state index in [-0.39, 0.29) is 18.5 Å². The van der Waals surface area contributed by atoms with Gasteiger partial charge in [0.2, 0.25) is 0 Å². The number of ether oxygens (including phenoxy) is 2. The van der Waals surface area contributed by atoms with Crippen LogP contribution in [0, 0.1) is 29.6 Å². The molecule has 0 radical (unpaired) electrons. The summed E-state index contributed by atoms with van der Waals surface area (Å²) in [6.45, 7) is 12.3. The Morgan fingerprint density at radius 1 is 1.04 bits per heavy atom. The number of rotatable bonds is 4. The van der Waals surface area contributed by atoms with Crippen molar-refractivity contribution in [3.05, 3.63) is 12.2 Å². The highest BCUT2D eigenvalue weighted by Gasteiger charge is 2.52. The predicted molar refractivity (Wildman–Crippen MR) is 97.9 cm³/mol. The van der Waals surface area contributed by atoms with Gasteiger partial charge in [-0.1, -0.05) is 26.8 Å². The fraction of sp³-hybridized carbons (Fsp3) is 0.905. The molecule has 4 heteroatoms. The topological polar surface area (TPSA) is 58.9 Å². The second-order valence-corrected chi connectivity index (χ2v) is 8.89. The van der Waals surface area contributed by atoms with Gasteiger partial charge in [0, 0.05) is 12.3 Å². The molecule has 0 aromatic rings. The molecule has 0 aromatic heterocycles. The van der Waals surface area contributed by atoms with Gasteiger partial charge >= 0.3 is 0 Å². The molecule has 2 saturated heterocycles. The Labute approximate surface area is 152 Å². The van der Waals surface area contributed by atoms with Crippen LogP contribution in [0.3, 0.4) is 0 Å². The van der Waals surface area contributed by atoms with Gasteiger partial charge in [-0.15, -0.1) is 0 Å². The van der Waals surface area contributed by atoms with E-state index in [1.807, 2.05) is 0 Å². The van der Waals surface area contributed by atoms with Crippen LogP contribution >= 0.6 is 0 Å². The molecule has 25 heavy (non-hydrogen) atoms. The Kier molecular flexibility index (Phi) is 5.94. The lowest BCUT2D eigenvalue weighted by Gasteiger charge is -2.52. The first kappa shape index (κ1) is 19.3. The van der Waals surface area contributed by atoms with Crippen molar-refractivity contribution in [2.45, 2.75) is 90.5 Å². The van der Waals surface area contributed by atoms with Gasteiger partial charge in [0.05, 0.1) is 24.4 Å². The zero-order chi connectivity index (χ0) is 18.3. The summed E-state index contributed by atoms with van der Waals surface area (Å²) in [4.78, 5) is 0. The average molecular weight is 353 g/mol. The third-order valence-electron chi connectivity index (χ3n) is 7.25. The first-order valence-corrected chi connectivity index (χ1v) is 10.1. The highest BCUT2D eigenvalue weighted by Crippen LogP contribution is 2.52. The van der Waals surface area contributed by atoms with E-state index in [0.29, 0.717) is 35.7 Å². The molecule has 1 aliphatic carbocycles. The fourth-order valence-corrected chi connectivity index (χ4v) is 5.48. The van der Waals surface area contributed by atoms with Crippen molar-refractivity contribution in [1.82, 2.24) is 0 Å². The van der Waals surface area contributed by atoms with Crippen molar-refractivity contribution in [1.29, 1.82) is 0 Å². The van der Waals surface area contributed by atoms with Crippen LogP contribution in [-0.4, -0.2) is 40.9 Å². The molecule has 4 nitrogen and oxygen atoms in total. The van der Waals surface area contributed by atoms with Gasteiger partial charge in [0.25, 0.3) is 0 Å². The Morgan fingerprint density at radius 3 is 2.40 bits per heavy atom. The summed E-state index contributed by atoms with van der Waals surface area (Å²) >= 11 is 0. The van der Waals surface area contributed by atoms with Crippen LogP contribution in [0.1, 0.15) is 59.8 Å². The maximum Gasteiger partial charge on any atom is 0.161 e. The Balaban J connectivity index is 1.78. The standard InChI is InChI=1S/C21H36O4/c1-11-6-8-17-14(4)19(10-18(23)13(3)15(5)22)25-21-20(17)16(11)9-7-12(2)24-21/h11-12,14-23H,3,6-10H2,1-2,4-5H3. The smallest absolute Gasteiger partial charge is 0.161 e. The molecule has 0 bridgehead atoms. The number of hydrogen-bond acceptors (Lipinski definition) is 4. The van der Waals surface area contributed by atoms with E-state index in [0.717, 1.165) is 12.3 Å².